The van der Waals surface area contributed by atoms with Crippen molar-refractivity contribution in [1.29, 1.82) is 0 Å². The van der Waals surface area contributed by atoms with Crippen LogP contribution >= 0.6 is 0 Å². The number of benzene rings is 2. The van der Waals surface area contributed by atoms with Gasteiger partial charge in [0.05, 0.1) is 23.1 Å². The molecule has 0 spiro atoms. The van der Waals surface area contributed by atoms with E-state index in [1.165, 1.54) is 24.3 Å². The van der Waals surface area contributed by atoms with Crippen molar-refractivity contribution >= 4 is 34.3 Å². The average Bonchev–Trinajstić information content (AvgIpc) is 3.32. The lowest BCUT2D eigenvalue weighted by Crippen LogP contribution is -2.37. The second-order valence-electron chi connectivity index (χ2n) is 8.96. The minimum Gasteiger partial charge on any atom is -0.390 e. The Morgan fingerprint density at radius 2 is 1.73 bits per heavy atom. The first-order chi connectivity index (χ1) is 16.1. The molecule has 0 saturated carbocycles. The van der Waals surface area contributed by atoms with Crippen LogP contribution < -0.4 is 5.01 Å². The molecule has 1 N–H and O–H groups in total. The van der Waals surface area contributed by atoms with Gasteiger partial charge in [0.25, 0.3) is 5.91 Å². The molecule has 3 aromatic rings. The fourth-order valence-corrected chi connectivity index (χ4v) is 4.85. The van der Waals surface area contributed by atoms with Crippen molar-refractivity contribution in [3.8, 4) is 0 Å². The molecule has 2 aromatic carbocycles. The largest absolute Gasteiger partial charge is 0.390 e. The van der Waals surface area contributed by atoms with Gasteiger partial charge in [0, 0.05) is 35.8 Å². The van der Waals surface area contributed by atoms with Crippen molar-refractivity contribution in [2.45, 2.75) is 38.8 Å². The molecule has 1 atom stereocenters. The van der Waals surface area contributed by atoms with Crippen LogP contribution in [0.5, 0.6) is 0 Å². The summed E-state index contributed by atoms with van der Waals surface area (Å²) in [4.78, 5) is 15.5. The maximum Gasteiger partial charge on any atom is 0.280 e. The number of aromatic nitrogens is 1. The Bertz CT molecular complexity index is 1210. The molecule has 33 heavy (non-hydrogen) atoms. The number of amides is 1. The Balaban J connectivity index is 1.41. The molecule has 3 heterocycles. The zero-order valence-electron chi connectivity index (χ0n) is 19.0. The zero-order chi connectivity index (χ0) is 22.8. The number of fused-ring (bicyclic) bond motifs is 1. The molecule has 0 bridgehead atoms. The van der Waals surface area contributed by atoms with Gasteiger partial charge in [-0.25, -0.2) is 0 Å². The molecular formula is C27H30N4O2. The molecule has 1 unspecified atom stereocenters. The predicted octanol–water partition coefficient (Wildman–Crippen LogP) is 4.29. The van der Waals surface area contributed by atoms with E-state index in [-0.39, 0.29) is 5.91 Å². The van der Waals surface area contributed by atoms with Gasteiger partial charge in [-0.05, 0) is 57.1 Å². The number of carbonyl (C=O) groups is 1. The van der Waals surface area contributed by atoms with Gasteiger partial charge >= 0.3 is 0 Å². The lowest BCUT2D eigenvalue weighted by Gasteiger charge is -2.28. The molecule has 0 radical (unpaired) electrons. The number of aliphatic hydroxyl groups is 1. The summed E-state index contributed by atoms with van der Waals surface area (Å²) in [6.45, 7) is 5.23. The number of para-hydroxylation sites is 2. The number of β-amino-alcohol motifs (C(OH)–C–C–N with tert-alkyl or cyclic N) is 1. The maximum atomic E-state index is 13.2. The summed E-state index contributed by atoms with van der Waals surface area (Å²) >= 11 is 0. The minimum absolute atomic E-state index is 0.124. The topological polar surface area (TPSA) is 61.1 Å². The summed E-state index contributed by atoms with van der Waals surface area (Å²) in [6, 6.07) is 17.6. The number of nitrogens with zero attached hydrogens (tertiary/aromatic N) is 4. The van der Waals surface area contributed by atoms with Gasteiger partial charge in [-0.2, -0.15) is 10.1 Å². The third-order valence-corrected chi connectivity index (χ3v) is 6.51. The van der Waals surface area contributed by atoms with Gasteiger partial charge in [0.1, 0.15) is 0 Å². The number of carbonyl (C=O) groups excluding carboxylic acids is 1. The van der Waals surface area contributed by atoms with Crippen LogP contribution in [-0.4, -0.2) is 51.9 Å². The molecule has 6 heteroatoms. The zero-order valence-corrected chi connectivity index (χ0v) is 19.0. The summed E-state index contributed by atoms with van der Waals surface area (Å²) in [5.74, 6) is -0.124. The van der Waals surface area contributed by atoms with Crippen LogP contribution in [0.4, 0.5) is 5.69 Å². The standard InChI is InChI=1S/C27H30N4O2/c1-20-25(27(33)31(28-20)22-10-4-2-5-11-22)16-21-17-30(26-13-7-6-12-24(21)26)19-23(32)18-29-14-8-3-9-15-29/h2,4-7,10-13,16-17,23,32H,3,8-9,14-15,18-19H2,1H3/b25-16+. The molecule has 1 aromatic heterocycles. The quantitative estimate of drug-likeness (QED) is 0.579. The summed E-state index contributed by atoms with van der Waals surface area (Å²) in [6.07, 6.45) is 7.25. The van der Waals surface area contributed by atoms with Crippen LogP contribution in [0.3, 0.4) is 0 Å². The highest BCUT2D eigenvalue weighted by Gasteiger charge is 2.29. The van der Waals surface area contributed by atoms with E-state index in [1.54, 1.807) is 0 Å². The molecule has 2 aliphatic rings. The Hall–Kier alpha value is -3.22. The maximum absolute atomic E-state index is 13.2. The van der Waals surface area contributed by atoms with Gasteiger partial charge in [-0.15, -0.1) is 0 Å². The van der Waals surface area contributed by atoms with E-state index in [9.17, 15) is 9.90 Å². The first-order valence-corrected chi connectivity index (χ1v) is 11.8. The van der Waals surface area contributed by atoms with Crippen LogP contribution in [0.2, 0.25) is 0 Å². The minimum atomic E-state index is -0.440. The van der Waals surface area contributed by atoms with Crippen LogP contribution in [0.25, 0.3) is 17.0 Å². The van der Waals surface area contributed by atoms with Gasteiger partial charge in [-0.3, -0.25) is 4.79 Å². The first-order valence-electron chi connectivity index (χ1n) is 11.8. The Kier molecular flexibility index (Phi) is 6.11. The van der Waals surface area contributed by atoms with E-state index in [0.717, 1.165) is 35.2 Å². The predicted molar refractivity (Wildman–Crippen MR) is 133 cm³/mol. The fraction of sp³-hybridized carbons (Fsp3) is 0.333. The monoisotopic (exact) mass is 442 g/mol. The summed E-state index contributed by atoms with van der Waals surface area (Å²) in [5, 5.41) is 17.8. The highest BCUT2D eigenvalue weighted by atomic mass is 16.3. The molecule has 2 aliphatic heterocycles. The number of anilines is 1. The van der Waals surface area contributed by atoms with Crippen LogP contribution in [0.15, 0.2) is 71.5 Å². The molecule has 1 amide bonds. The lowest BCUT2D eigenvalue weighted by atomic mass is 10.1. The van der Waals surface area contributed by atoms with E-state index in [4.69, 9.17) is 0 Å². The van der Waals surface area contributed by atoms with E-state index in [2.05, 4.69) is 26.7 Å². The van der Waals surface area contributed by atoms with Crippen molar-refractivity contribution in [3.63, 3.8) is 0 Å². The van der Waals surface area contributed by atoms with E-state index >= 15 is 0 Å². The van der Waals surface area contributed by atoms with Crippen molar-refractivity contribution in [1.82, 2.24) is 9.47 Å². The van der Waals surface area contributed by atoms with Gasteiger partial charge in [0.2, 0.25) is 0 Å². The SMILES string of the molecule is CC1=NN(c2ccccc2)C(=O)/C1=C/c1cn(CC(O)CN2CCCCC2)c2ccccc12. The highest BCUT2D eigenvalue weighted by Crippen LogP contribution is 2.28. The van der Waals surface area contributed by atoms with Crippen molar-refractivity contribution in [2.75, 3.05) is 24.6 Å². The van der Waals surface area contributed by atoms with Crippen LogP contribution in [0, 0.1) is 0 Å². The van der Waals surface area contributed by atoms with Crippen molar-refractivity contribution in [3.05, 3.63) is 71.9 Å². The van der Waals surface area contributed by atoms with Gasteiger partial charge < -0.3 is 14.6 Å². The highest BCUT2D eigenvalue weighted by molar-refractivity contribution is 6.32. The Morgan fingerprint density at radius 3 is 2.52 bits per heavy atom. The second-order valence-corrected chi connectivity index (χ2v) is 8.96. The molecule has 1 fully saturated rings. The summed E-state index contributed by atoms with van der Waals surface area (Å²) < 4.78 is 2.11. The van der Waals surface area contributed by atoms with Gasteiger partial charge in [0.15, 0.2) is 0 Å². The number of piperidine rings is 1. The Labute approximate surface area is 194 Å². The number of hydrogen-bond acceptors (Lipinski definition) is 4. The normalized spacial score (nSPS) is 19.5. The van der Waals surface area contributed by atoms with Crippen LogP contribution in [-0.2, 0) is 11.3 Å². The second kappa shape index (κ2) is 9.33. The van der Waals surface area contributed by atoms with E-state index in [0.29, 0.717) is 24.4 Å². The number of likely N-dealkylation sites (tertiary alicyclic amines) is 1. The molecular weight excluding hydrogens is 412 g/mol. The molecule has 170 valence electrons. The smallest absolute Gasteiger partial charge is 0.280 e. The number of rotatable bonds is 6. The average molecular weight is 443 g/mol. The fourth-order valence-electron chi connectivity index (χ4n) is 4.85. The van der Waals surface area contributed by atoms with E-state index < -0.39 is 6.10 Å². The number of hydrogen-bond donors (Lipinski definition) is 1. The third kappa shape index (κ3) is 4.49. The molecule has 1 saturated heterocycles. The third-order valence-electron chi connectivity index (χ3n) is 6.51. The molecule has 5 rings (SSSR count). The summed E-state index contributed by atoms with van der Waals surface area (Å²) in [7, 11) is 0. The molecule has 0 aliphatic carbocycles. The molecule has 6 nitrogen and oxygen atoms in total. The van der Waals surface area contributed by atoms with Crippen molar-refractivity contribution in [2.24, 2.45) is 5.10 Å². The van der Waals surface area contributed by atoms with Crippen molar-refractivity contribution < 1.29 is 9.90 Å². The number of aliphatic hydroxyl groups excluding tert-OH is 1. The first kappa shape index (κ1) is 21.6. The van der Waals surface area contributed by atoms with E-state index in [1.807, 2.05) is 61.7 Å². The summed E-state index contributed by atoms with van der Waals surface area (Å²) in [5.41, 5.74) is 4.07. The lowest BCUT2D eigenvalue weighted by molar-refractivity contribution is -0.114. The number of hydrazone groups is 1. The van der Waals surface area contributed by atoms with Gasteiger partial charge in [-0.1, -0.05) is 42.8 Å². The van der Waals surface area contributed by atoms with Crippen LogP contribution in [0.1, 0.15) is 31.7 Å². The Morgan fingerprint density at radius 1 is 1.00 bits per heavy atom.